The van der Waals surface area contributed by atoms with Crippen molar-refractivity contribution in [1.29, 1.82) is 0 Å². The molecule has 1 aliphatic rings. The molecule has 19 heavy (non-hydrogen) atoms. The molecule has 4 nitrogen and oxygen atoms in total. The third kappa shape index (κ3) is 3.29. The van der Waals surface area contributed by atoms with E-state index in [0.717, 1.165) is 18.8 Å². The number of hydrogen-bond donors (Lipinski definition) is 1. The Balaban J connectivity index is 2.13. The topological polar surface area (TPSA) is 61.5 Å². The molecule has 0 radical (unpaired) electrons. The number of esters is 1. The van der Waals surface area contributed by atoms with Crippen LogP contribution in [-0.2, 0) is 19.8 Å². The summed E-state index contributed by atoms with van der Waals surface area (Å²) in [5, 5.41) is 0.432. The van der Waals surface area contributed by atoms with Crippen molar-refractivity contribution in [2.45, 2.75) is 17.7 Å². The van der Waals surface area contributed by atoms with Gasteiger partial charge in [-0.2, -0.15) is 11.8 Å². The summed E-state index contributed by atoms with van der Waals surface area (Å²) in [5.74, 6) is 0.137. The van der Waals surface area contributed by atoms with Crippen LogP contribution in [0.25, 0.3) is 0 Å². The molecule has 1 aromatic rings. The quantitative estimate of drug-likeness (QED) is 0.801. The molecule has 2 rings (SSSR count). The summed E-state index contributed by atoms with van der Waals surface area (Å²) in [5.41, 5.74) is 6.05. The molecule has 0 saturated carbocycles. The van der Waals surface area contributed by atoms with Gasteiger partial charge in [0.05, 0.1) is 25.1 Å². The normalized spacial score (nSPS) is 18.4. The van der Waals surface area contributed by atoms with Crippen LogP contribution in [0.3, 0.4) is 0 Å². The van der Waals surface area contributed by atoms with E-state index in [2.05, 4.69) is 0 Å². The number of carbonyl (C=O) groups excluding carboxylic acids is 1. The highest BCUT2D eigenvalue weighted by Crippen LogP contribution is 2.29. The molecule has 1 unspecified atom stereocenters. The lowest BCUT2D eigenvalue weighted by Gasteiger charge is -2.31. The number of benzene rings is 1. The molecule has 0 bridgehead atoms. The Kier molecular flexibility index (Phi) is 4.85. The predicted octanol–water partition coefficient (Wildman–Crippen LogP) is 1.54. The molecule has 1 aromatic carbocycles. The van der Waals surface area contributed by atoms with Crippen LogP contribution in [0.15, 0.2) is 30.3 Å². The Hall–Kier alpha value is -1.04. The SMILES string of the molecule is CCOC(=O)C(N)(CSC1COC1)c1ccccc1. The summed E-state index contributed by atoms with van der Waals surface area (Å²) in [6.45, 7) is 3.59. The van der Waals surface area contributed by atoms with Crippen LogP contribution in [0.2, 0.25) is 0 Å². The van der Waals surface area contributed by atoms with E-state index in [9.17, 15) is 4.79 Å². The smallest absolute Gasteiger partial charge is 0.331 e. The lowest BCUT2D eigenvalue weighted by Crippen LogP contribution is -2.49. The zero-order chi connectivity index (χ0) is 13.7. The highest BCUT2D eigenvalue weighted by atomic mass is 32.2. The third-order valence-electron chi connectivity index (χ3n) is 3.08. The van der Waals surface area contributed by atoms with Gasteiger partial charge in [0.2, 0.25) is 0 Å². The first kappa shape index (κ1) is 14.4. The summed E-state index contributed by atoms with van der Waals surface area (Å²) in [6, 6.07) is 9.41. The minimum absolute atomic E-state index is 0.335. The molecular weight excluding hydrogens is 262 g/mol. The summed E-state index contributed by atoms with van der Waals surface area (Å²) >= 11 is 1.67. The first-order chi connectivity index (χ1) is 9.16. The van der Waals surface area contributed by atoms with Crippen molar-refractivity contribution in [3.8, 4) is 0 Å². The summed E-state index contributed by atoms with van der Waals surface area (Å²) in [6.07, 6.45) is 0. The minimum Gasteiger partial charge on any atom is -0.464 e. The molecule has 5 heteroatoms. The fourth-order valence-electron chi connectivity index (χ4n) is 1.82. The first-order valence-corrected chi connectivity index (χ1v) is 7.42. The number of ether oxygens (including phenoxy) is 2. The van der Waals surface area contributed by atoms with Gasteiger partial charge in [0, 0.05) is 5.75 Å². The number of rotatable bonds is 6. The Morgan fingerprint density at radius 2 is 2.16 bits per heavy atom. The van der Waals surface area contributed by atoms with Crippen LogP contribution >= 0.6 is 11.8 Å². The zero-order valence-corrected chi connectivity index (χ0v) is 11.8. The average molecular weight is 281 g/mol. The number of hydrogen-bond acceptors (Lipinski definition) is 5. The maximum absolute atomic E-state index is 12.2. The number of nitrogens with two attached hydrogens (primary N) is 1. The van der Waals surface area contributed by atoms with Crippen LogP contribution in [0.1, 0.15) is 12.5 Å². The average Bonchev–Trinajstić information content (AvgIpc) is 2.38. The molecule has 0 aromatic heterocycles. The van der Waals surface area contributed by atoms with Crippen molar-refractivity contribution in [2.75, 3.05) is 25.6 Å². The maximum Gasteiger partial charge on any atom is 0.331 e. The van der Waals surface area contributed by atoms with Gasteiger partial charge in [-0.1, -0.05) is 30.3 Å². The van der Waals surface area contributed by atoms with Crippen LogP contribution < -0.4 is 5.73 Å². The Bertz CT molecular complexity index is 422. The molecule has 1 heterocycles. The van der Waals surface area contributed by atoms with Gasteiger partial charge in [-0.15, -0.1) is 0 Å². The van der Waals surface area contributed by atoms with Crippen molar-refractivity contribution >= 4 is 17.7 Å². The van der Waals surface area contributed by atoms with E-state index in [1.807, 2.05) is 30.3 Å². The van der Waals surface area contributed by atoms with Crippen molar-refractivity contribution in [3.63, 3.8) is 0 Å². The molecule has 1 saturated heterocycles. The molecule has 1 aliphatic heterocycles. The van der Waals surface area contributed by atoms with Crippen LogP contribution in [0.5, 0.6) is 0 Å². The molecular formula is C14H19NO3S. The van der Waals surface area contributed by atoms with Gasteiger partial charge in [-0.25, -0.2) is 4.79 Å². The van der Waals surface area contributed by atoms with Crippen molar-refractivity contribution in [3.05, 3.63) is 35.9 Å². The Morgan fingerprint density at radius 3 is 2.68 bits per heavy atom. The second kappa shape index (κ2) is 6.41. The summed E-state index contributed by atoms with van der Waals surface area (Å²) in [7, 11) is 0. The van der Waals surface area contributed by atoms with Gasteiger partial charge in [0.1, 0.15) is 5.54 Å². The highest BCUT2D eigenvalue weighted by molar-refractivity contribution is 8.00. The Labute approximate surface area is 117 Å². The molecule has 0 spiro atoms. The Morgan fingerprint density at radius 1 is 1.47 bits per heavy atom. The van der Waals surface area contributed by atoms with Crippen molar-refractivity contribution in [1.82, 2.24) is 0 Å². The second-order valence-corrected chi connectivity index (χ2v) is 5.82. The monoisotopic (exact) mass is 281 g/mol. The molecule has 2 N–H and O–H groups in total. The van der Waals surface area contributed by atoms with Crippen LogP contribution in [0.4, 0.5) is 0 Å². The number of carbonyl (C=O) groups is 1. The maximum atomic E-state index is 12.2. The second-order valence-electron chi connectivity index (χ2n) is 4.53. The van der Waals surface area contributed by atoms with E-state index in [1.165, 1.54) is 0 Å². The van der Waals surface area contributed by atoms with E-state index < -0.39 is 5.54 Å². The molecule has 0 aliphatic carbocycles. The lowest BCUT2D eigenvalue weighted by atomic mass is 9.93. The van der Waals surface area contributed by atoms with Gasteiger partial charge in [-0.3, -0.25) is 0 Å². The third-order valence-corrected chi connectivity index (χ3v) is 4.45. The highest BCUT2D eigenvalue weighted by Gasteiger charge is 2.39. The molecule has 1 fully saturated rings. The van der Waals surface area contributed by atoms with Crippen molar-refractivity contribution in [2.24, 2.45) is 5.73 Å². The largest absolute Gasteiger partial charge is 0.464 e. The molecule has 0 amide bonds. The van der Waals surface area contributed by atoms with E-state index in [1.54, 1.807) is 18.7 Å². The zero-order valence-electron chi connectivity index (χ0n) is 11.0. The van der Waals surface area contributed by atoms with Crippen LogP contribution in [-0.4, -0.2) is 36.8 Å². The predicted molar refractivity (Wildman–Crippen MR) is 76.0 cm³/mol. The lowest BCUT2D eigenvalue weighted by molar-refractivity contribution is -0.149. The van der Waals surface area contributed by atoms with E-state index in [4.69, 9.17) is 15.2 Å². The standard InChI is InChI=1S/C14H19NO3S/c1-2-18-13(16)14(15,10-19-12-8-17-9-12)11-6-4-3-5-7-11/h3-7,12H,2,8-10,15H2,1H3. The minimum atomic E-state index is -1.09. The van der Waals surface area contributed by atoms with Gasteiger partial charge < -0.3 is 15.2 Å². The van der Waals surface area contributed by atoms with Gasteiger partial charge >= 0.3 is 5.97 Å². The summed E-state index contributed by atoms with van der Waals surface area (Å²) in [4.78, 5) is 12.2. The fraction of sp³-hybridized carbons (Fsp3) is 0.500. The van der Waals surface area contributed by atoms with Crippen molar-refractivity contribution < 1.29 is 14.3 Å². The first-order valence-electron chi connectivity index (χ1n) is 6.38. The van der Waals surface area contributed by atoms with Gasteiger partial charge in [-0.05, 0) is 12.5 Å². The van der Waals surface area contributed by atoms with Crippen LogP contribution in [0, 0.1) is 0 Å². The van der Waals surface area contributed by atoms with E-state index in [-0.39, 0.29) is 5.97 Å². The van der Waals surface area contributed by atoms with E-state index >= 15 is 0 Å². The summed E-state index contributed by atoms with van der Waals surface area (Å²) < 4.78 is 10.3. The van der Waals surface area contributed by atoms with Gasteiger partial charge in [0.15, 0.2) is 0 Å². The number of thioether (sulfide) groups is 1. The molecule has 104 valence electrons. The fourth-order valence-corrected chi connectivity index (χ4v) is 2.98. The van der Waals surface area contributed by atoms with Gasteiger partial charge in [0.25, 0.3) is 0 Å². The molecule has 1 atom stereocenters. The van der Waals surface area contributed by atoms with E-state index in [0.29, 0.717) is 17.6 Å².